The summed E-state index contributed by atoms with van der Waals surface area (Å²) >= 11 is 4.07. The predicted octanol–water partition coefficient (Wildman–Crippen LogP) is 31.6. The maximum Gasteiger partial charge on any atom is 0.0775 e. The van der Waals surface area contributed by atoms with Crippen molar-refractivity contribution in [2.75, 3.05) is 0 Å². The fraction of sp³-hybridized carbons (Fsp3) is 0.515. The molecule has 0 saturated carbocycles. The SMILES string of the molecule is CCCCCCc1cc(-c2ccc(-c3cc(CCCCCC)c(-c4ccc(-c5cc(CCCCCC)c(-c6ccc(-c7cc(CCCCCC)c(-c8ccc([Si](C)(C)C)cc8)cc7CCCCCC)cc6)cc5CCCCCC)cc4)cc3CCCCCC)cc2)c(CCCCCC)cc1Br. The van der Waals surface area contributed by atoms with E-state index in [1.807, 2.05) is 0 Å². The molecule has 0 aliphatic heterocycles. The number of aryl methyl sites for hydroxylation is 8. The molecule has 101 heavy (non-hydrogen) atoms. The van der Waals surface area contributed by atoms with Gasteiger partial charge in [0.15, 0.2) is 0 Å². The molecule has 0 aliphatic carbocycles. The molecule has 0 aromatic heterocycles. The lowest BCUT2D eigenvalue weighted by Crippen LogP contribution is -2.37. The molecular formula is C99H137BrSi. The summed E-state index contributed by atoms with van der Waals surface area (Å²) in [5, 5.41) is 1.54. The first-order valence-electron chi connectivity index (χ1n) is 42.1. The molecule has 8 aromatic rings. The molecule has 0 fully saturated rings. The van der Waals surface area contributed by atoms with Gasteiger partial charge in [0.2, 0.25) is 0 Å². The van der Waals surface area contributed by atoms with E-state index in [1.54, 1.807) is 5.19 Å². The molecule has 0 amide bonds. The lowest BCUT2D eigenvalue weighted by molar-refractivity contribution is 0.663. The highest BCUT2D eigenvalue weighted by molar-refractivity contribution is 9.10. The molecule has 0 radical (unpaired) electrons. The second kappa shape index (κ2) is 44.3. The third-order valence-electron chi connectivity index (χ3n) is 22.2. The van der Waals surface area contributed by atoms with Crippen LogP contribution in [0.3, 0.4) is 0 Å². The van der Waals surface area contributed by atoms with Crippen LogP contribution < -0.4 is 5.19 Å². The van der Waals surface area contributed by atoms with Crippen LogP contribution in [0.4, 0.5) is 0 Å². The molecule has 0 unspecified atom stereocenters. The highest BCUT2D eigenvalue weighted by atomic mass is 79.9. The first kappa shape index (κ1) is 81.1. The van der Waals surface area contributed by atoms with Crippen LogP contribution in [0.2, 0.25) is 19.6 Å². The summed E-state index contributed by atoms with van der Waals surface area (Å²) in [5.74, 6) is 0. The topological polar surface area (TPSA) is 0 Å². The molecule has 8 rings (SSSR count). The van der Waals surface area contributed by atoms with E-state index in [-0.39, 0.29) is 0 Å². The predicted molar refractivity (Wildman–Crippen MR) is 458 cm³/mol. The highest BCUT2D eigenvalue weighted by Gasteiger charge is 2.22. The van der Waals surface area contributed by atoms with Gasteiger partial charge in [-0.2, -0.15) is 0 Å². The summed E-state index contributed by atoms with van der Waals surface area (Å²) in [7, 11) is -1.42. The van der Waals surface area contributed by atoms with E-state index in [0.717, 1.165) is 51.4 Å². The normalized spacial score (nSPS) is 11.8. The Bertz CT molecular complexity index is 3660. The largest absolute Gasteiger partial charge is 0.0775 e. The fourth-order valence-electron chi connectivity index (χ4n) is 15.8. The van der Waals surface area contributed by atoms with Crippen molar-refractivity contribution in [2.24, 2.45) is 0 Å². The van der Waals surface area contributed by atoms with Crippen LogP contribution in [0.25, 0.3) is 77.9 Å². The Kier molecular flexibility index (Phi) is 35.6. The zero-order valence-corrected chi connectivity index (χ0v) is 68.6. The van der Waals surface area contributed by atoms with Crippen LogP contribution in [-0.2, 0) is 51.4 Å². The van der Waals surface area contributed by atoms with Crippen LogP contribution >= 0.6 is 15.9 Å². The summed E-state index contributed by atoms with van der Waals surface area (Å²) in [6.45, 7) is 26.1. The monoisotopic (exact) mass is 1430 g/mol. The number of halogens is 1. The Morgan fingerprint density at radius 1 is 0.198 bits per heavy atom. The van der Waals surface area contributed by atoms with Crippen LogP contribution in [0.5, 0.6) is 0 Å². The zero-order chi connectivity index (χ0) is 71.6. The molecule has 0 spiro atoms. The molecule has 8 aromatic carbocycles. The van der Waals surface area contributed by atoms with Crippen molar-refractivity contribution < 1.29 is 0 Å². The third-order valence-corrected chi connectivity index (χ3v) is 25.0. The smallest absolute Gasteiger partial charge is 0.0656 e. The van der Waals surface area contributed by atoms with Gasteiger partial charge in [0, 0.05) is 4.47 Å². The van der Waals surface area contributed by atoms with E-state index in [4.69, 9.17) is 0 Å². The number of unbranched alkanes of at least 4 members (excludes halogenated alkanes) is 24. The number of benzene rings is 8. The van der Waals surface area contributed by atoms with Crippen LogP contribution in [0.1, 0.15) is 305 Å². The standard InChI is InChI=1S/C99H137BrSi/c1-12-20-28-36-44-83-69-93(78-56-58-79(59-57-78)96-72-88(49-41-33-25-17-6)97(73-87(96)48-40-32-24-16-5)82-64-66-91(67-65-82)101(9,10)11)84(45-37-29-21-13-2)68-92(83)76-52-54-77(55-53-76)94-70-86(47-39-31-23-15-4)95(71-85(94)46-38-30-22-14-3)80-60-62-81(63-61-80)98-74-90(51-43-35-27-19-8)99(100)75-89(98)50-42-34-26-18-7/h52-75H,12-51H2,1-11H3. The summed E-state index contributed by atoms with van der Waals surface area (Å²) < 4.78 is 1.30. The lowest BCUT2D eigenvalue weighted by atomic mass is 9.84. The van der Waals surface area contributed by atoms with Crippen molar-refractivity contribution >= 4 is 29.2 Å². The first-order valence-corrected chi connectivity index (χ1v) is 46.4. The Balaban J connectivity index is 1.19. The summed E-state index contributed by atoms with van der Waals surface area (Å²) in [4.78, 5) is 0. The van der Waals surface area contributed by atoms with E-state index in [9.17, 15) is 0 Å². The number of hydrogen-bond donors (Lipinski definition) is 0. The van der Waals surface area contributed by atoms with Gasteiger partial charge >= 0.3 is 0 Å². The van der Waals surface area contributed by atoms with Crippen molar-refractivity contribution in [3.63, 3.8) is 0 Å². The van der Waals surface area contributed by atoms with Gasteiger partial charge in [0.05, 0.1) is 8.07 Å². The minimum absolute atomic E-state index is 1.10. The summed E-state index contributed by atoms with van der Waals surface area (Å²) in [6, 6.07) is 60.6. The number of rotatable bonds is 48. The van der Waals surface area contributed by atoms with Crippen molar-refractivity contribution in [2.45, 2.75) is 332 Å². The van der Waals surface area contributed by atoms with Crippen molar-refractivity contribution in [1.29, 1.82) is 0 Å². The maximum absolute atomic E-state index is 4.07. The Hall–Kier alpha value is -5.54. The molecule has 2 heteroatoms. The summed E-state index contributed by atoms with van der Waals surface area (Å²) in [5.41, 5.74) is 31.7. The van der Waals surface area contributed by atoms with Crippen LogP contribution in [-0.4, -0.2) is 8.07 Å². The van der Waals surface area contributed by atoms with Gasteiger partial charge in [-0.1, -0.05) is 384 Å². The van der Waals surface area contributed by atoms with Gasteiger partial charge in [-0.3, -0.25) is 0 Å². The Morgan fingerprint density at radius 2 is 0.356 bits per heavy atom. The molecule has 544 valence electrons. The zero-order valence-electron chi connectivity index (χ0n) is 66.0. The molecule has 0 heterocycles. The Morgan fingerprint density at radius 3 is 0.535 bits per heavy atom. The average Bonchev–Trinajstić information content (AvgIpc) is 0.783. The number of hydrogen-bond acceptors (Lipinski definition) is 0. The fourth-order valence-corrected chi connectivity index (χ4v) is 17.6. The second-order valence-electron chi connectivity index (χ2n) is 31.6. The van der Waals surface area contributed by atoms with Crippen molar-refractivity contribution in [3.8, 4) is 77.9 Å². The van der Waals surface area contributed by atoms with E-state index >= 15 is 0 Å². The maximum atomic E-state index is 4.07. The molecule has 0 atom stereocenters. The van der Waals surface area contributed by atoms with E-state index in [1.165, 1.54) is 332 Å². The van der Waals surface area contributed by atoms with Gasteiger partial charge in [-0.15, -0.1) is 0 Å². The van der Waals surface area contributed by atoms with Crippen LogP contribution in [0, 0.1) is 0 Å². The molecule has 0 nitrogen and oxygen atoms in total. The molecule has 0 N–H and O–H groups in total. The molecular weight excluding hydrogens is 1300 g/mol. The van der Waals surface area contributed by atoms with Crippen LogP contribution in [0.15, 0.2) is 150 Å². The average molecular weight is 1440 g/mol. The molecule has 0 aliphatic rings. The minimum atomic E-state index is -1.42. The highest BCUT2D eigenvalue weighted by Crippen LogP contribution is 2.42. The lowest BCUT2D eigenvalue weighted by Gasteiger charge is -2.21. The summed E-state index contributed by atoms with van der Waals surface area (Å²) in [6.07, 6.45) is 49.5. The van der Waals surface area contributed by atoms with E-state index in [0.29, 0.717) is 0 Å². The van der Waals surface area contributed by atoms with Crippen molar-refractivity contribution in [1.82, 2.24) is 0 Å². The van der Waals surface area contributed by atoms with Gasteiger partial charge in [0.1, 0.15) is 0 Å². The van der Waals surface area contributed by atoms with E-state index < -0.39 is 8.07 Å². The quantitative estimate of drug-likeness (QED) is 0.0263. The Labute approximate surface area is 629 Å². The minimum Gasteiger partial charge on any atom is -0.0656 e. The molecule has 0 bridgehead atoms. The van der Waals surface area contributed by atoms with Gasteiger partial charge in [-0.05, 0) is 237 Å². The van der Waals surface area contributed by atoms with Gasteiger partial charge in [-0.25, -0.2) is 0 Å². The first-order chi connectivity index (χ1) is 49.4. The second-order valence-corrected chi connectivity index (χ2v) is 37.6. The third kappa shape index (κ3) is 24.8. The van der Waals surface area contributed by atoms with Gasteiger partial charge < -0.3 is 0 Å². The molecule has 0 saturated heterocycles. The van der Waals surface area contributed by atoms with E-state index in [2.05, 4.69) is 237 Å². The van der Waals surface area contributed by atoms with Crippen molar-refractivity contribution in [3.05, 3.63) is 195 Å². The van der Waals surface area contributed by atoms with Gasteiger partial charge in [0.25, 0.3) is 0 Å².